The Morgan fingerprint density at radius 1 is 1.24 bits per heavy atom. The molecule has 1 aromatic carbocycles. The van der Waals surface area contributed by atoms with E-state index >= 15 is 0 Å². The number of carbonyl (C=O) groups is 1. The number of benzene rings is 1. The molecule has 0 heterocycles. The van der Waals surface area contributed by atoms with E-state index in [2.05, 4.69) is 0 Å². The molecular weight excluding hydrogens is 256 g/mol. The van der Waals surface area contributed by atoms with Crippen molar-refractivity contribution < 1.29 is 22.4 Å². The van der Waals surface area contributed by atoms with Gasteiger partial charge in [0.15, 0.2) is 28.4 Å². The number of hydrogen-bond acceptors (Lipinski definition) is 2. The molecule has 0 saturated heterocycles. The maximum atomic E-state index is 13.1. The number of hydrogen-bond donors (Lipinski definition) is 0. The standard InChI is InChI=1S/C11H8F4OS/c1-6(16)17-4-2-3-7-10(14)8(12)5-9(13)11(7)15/h2-3,5H,4H2,1H3. The normalized spacial score (nSPS) is 11.1. The average molecular weight is 264 g/mol. The molecule has 0 unspecified atom stereocenters. The van der Waals surface area contributed by atoms with Crippen molar-refractivity contribution in [1.29, 1.82) is 0 Å². The lowest BCUT2D eigenvalue weighted by atomic mass is 10.1. The van der Waals surface area contributed by atoms with Gasteiger partial charge < -0.3 is 0 Å². The molecule has 1 aromatic rings. The van der Waals surface area contributed by atoms with Gasteiger partial charge in [0.1, 0.15) is 0 Å². The summed E-state index contributed by atoms with van der Waals surface area (Å²) in [7, 11) is 0. The summed E-state index contributed by atoms with van der Waals surface area (Å²) in [5.74, 6) is -5.64. The highest BCUT2D eigenvalue weighted by Crippen LogP contribution is 2.20. The van der Waals surface area contributed by atoms with E-state index in [0.29, 0.717) is 0 Å². The molecule has 0 aliphatic rings. The molecule has 17 heavy (non-hydrogen) atoms. The maximum absolute atomic E-state index is 13.1. The number of thioether (sulfide) groups is 1. The van der Waals surface area contributed by atoms with Crippen LogP contribution in [0.1, 0.15) is 12.5 Å². The zero-order valence-electron chi connectivity index (χ0n) is 8.77. The largest absolute Gasteiger partial charge is 0.288 e. The third kappa shape index (κ3) is 3.59. The molecule has 0 saturated carbocycles. The Hall–Kier alpha value is -1.30. The Kier molecular flexibility index (Phi) is 4.74. The lowest BCUT2D eigenvalue weighted by molar-refractivity contribution is -0.109. The average Bonchev–Trinajstić information content (AvgIpc) is 2.25. The molecular formula is C11H8F4OS. The minimum absolute atomic E-state index is 0.145. The minimum atomic E-state index is -1.46. The van der Waals surface area contributed by atoms with Crippen LogP contribution in [0.4, 0.5) is 17.6 Å². The van der Waals surface area contributed by atoms with Crippen molar-refractivity contribution in [2.24, 2.45) is 0 Å². The Balaban J connectivity index is 2.94. The van der Waals surface area contributed by atoms with Crippen LogP contribution in [0.3, 0.4) is 0 Å². The van der Waals surface area contributed by atoms with Crippen molar-refractivity contribution in [1.82, 2.24) is 0 Å². The lowest BCUT2D eigenvalue weighted by Crippen LogP contribution is -1.98. The smallest absolute Gasteiger partial charge is 0.186 e. The van der Waals surface area contributed by atoms with E-state index in [4.69, 9.17) is 0 Å². The van der Waals surface area contributed by atoms with Crippen LogP contribution in [0.5, 0.6) is 0 Å². The van der Waals surface area contributed by atoms with Crippen molar-refractivity contribution in [2.75, 3.05) is 5.75 Å². The Morgan fingerprint density at radius 2 is 1.76 bits per heavy atom. The molecule has 92 valence electrons. The van der Waals surface area contributed by atoms with Crippen molar-refractivity contribution in [3.8, 4) is 0 Å². The van der Waals surface area contributed by atoms with Crippen LogP contribution in [0.25, 0.3) is 6.08 Å². The van der Waals surface area contributed by atoms with E-state index in [1.165, 1.54) is 13.0 Å². The maximum Gasteiger partial charge on any atom is 0.186 e. The number of rotatable bonds is 3. The molecule has 1 nitrogen and oxygen atoms in total. The fourth-order valence-corrected chi connectivity index (χ4v) is 1.50. The van der Waals surface area contributed by atoms with E-state index in [1.54, 1.807) is 0 Å². The fourth-order valence-electron chi connectivity index (χ4n) is 1.07. The zero-order valence-corrected chi connectivity index (χ0v) is 9.58. The first kappa shape index (κ1) is 13.8. The molecule has 6 heteroatoms. The fraction of sp³-hybridized carbons (Fsp3) is 0.182. The highest BCUT2D eigenvalue weighted by atomic mass is 32.2. The van der Waals surface area contributed by atoms with Crippen molar-refractivity contribution in [2.45, 2.75) is 6.92 Å². The first-order valence-electron chi connectivity index (χ1n) is 4.56. The molecule has 0 aliphatic carbocycles. The zero-order chi connectivity index (χ0) is 13.0. The van der Waals surface area contributed by atoms with Gasteiger partial charge in [-0.1, -0.05) is 23.9 Å². The van der Waals surface area contributed by atoms with Gasteiger partial charge in [-0.3, -0.25) is 4.79 Å². The predicted octanol–water partition coefficient (Wildman–Crippen LogP) is 3.54. The van der Waals surface area contributed by atoms with Crippen molar-refractivity contribution in [3.63, 3.8) is 0 Å². The first-order chi connectivity index (χ1) is 7.93. The van der Waals surface area contributed by atoms with Gasteiger partial charge in [0, 0.05) is 18.7 Å². The second-order valence-electron chi connectivity index (χ2n) is 3.09. The molecule has 0 aliphatic heterocycles. The third-order valence-electron chi connectivity index (χ3n) is 1.81. The summed E-state index contributed by atoms with van der Waals surface area (Å²) in [6.45, 7) is 1.33. The van der Waals surface area contributed by atoms with Crippen LogP contribution in [0, 0.1) is 23.3 Å². The van der Waals surface area contributed by atoms with Crippen LogP contribution in [-0.2, 0) is 4.79 Å². The predicted molar refractivity (Wildman–Crippen MR) is 58.4 cm³/mol. The molecule has 0 bridgehead atoms. The van der Waals surface area contributed by atoms with Crippen molar-refractivity contribution >= 4 is 23.0 Å². The summed E-state index contributed by atoms with van der Waals surface area (Å²) in [6, 6.07) is 0.145. The highest BCUT2D eigenvalue weighted by molar-refractivity contribution is 8.13. The van der Waals surface area contributed by atoms with Gasteiger partial charge in [0.05, 0.1) is 5.56 Å². The van der Waals surface area contributed by atoms with Crippen LogP contribution < -0.4 is 0 Å². The number of carbonyl (C=O) groups excluding carboxylic acids is 1. The van der Waals surface area contributed by atoms with E-state index < -0.39 is 28.8 Å². The molecule has 0 amide bonds. The van der Waals surface area contributed by atoms with Gasteiger partial charge in [-0.2, -0.15) is 0 Å². The molecule has 0 spiro atoms. The molecule has 0 radical (unpaired) electrons. The Morgan fingerprint density at radius 3 is 2.24 bits per heavy atom. The quantitative estimate of drug-likeness (QED) is 0.613. The second-order valence-corrected chi connectivity index (χ2v) is 4.28. The van der Waals surface area contributed by atoms with E-state index in [0.717, 1.165) is 17.8 Å². The molecule has 0 fully saturated rings. The third-order valence-corrected chi connectivity index (χ3v) is 2.58. The lowest BCUT2D eigenvalue weighted by Gasteiger charge is -2.01. The summed E-state index contributed by atoms with van der Waals surface area (Å²) in [6.07, 6.45) is 2.17. The van der Waals surface area contributed by atoms with Crippen LogP contribution in [0.15, 0.2) is 12.1 Å². The molecule has 0 aromatic heterocycles. The summed E-state index contributed by atoms with van der Waals surface area (Å²) in [4.78, 5) is 10.6. The second kappa shape index (κ2) is 5.86. The molecule has 0 N–H and O–H groups in total. The summed E-state index contributed by atoms with van der Waals surface area (Å²) >= 11 is 0.913. The highest BCUT2D eigenvalue weighted by Gasteiger charge is 2.16. The summed E-state index contributed by atoms with van der Waals surface area (Å²) in [5, 5.41) is -0.166. The number of halogens is 4. The van der Waals surface area contributed by atoms with Gasteiger partial charge in [0.2, 0.25) is 0 Å². The van der Waals surface area contributed by atoms with Gasteiger partial charge in [-0.05, 0) is 0 Å². The van der Waals surface area contributed by atoms with E-state index in [1.807, 2.05) is 0 Å². The monoisotopic (exact) mass is 264 g/mol. The van der Waals surface area contributed by atoms with Gasteiger partial charge >= 0.3 is 0 Å². The van der Waals surface area contributed by atoms with Gasteiger partial charge in [-0.25, -0.2) is 17.6 Å². The molecule has 1 rings (SSSR count). The van der Waals surface area contributed by atoms with Crippen LogP contribution in [0.2, 0.25) is 0 Å². The Labute approximate surface area is 99.5 Å². The summed E-state index contributed by atoms with van der Waals surface area (Å²) < 4.78 is 51.8. The van der Waals surface area contributed by atoms with Gasteiger partial charge in [-0.15, -0.1) is 0 Å². The van der Waals surface area contributed by atoms with E-state index in [-0.39, 0.29) is 16.9 Å². The SMILES string of the molecule is CC(=O)SCC=Cc1c(F)c(F)cc(F)c1F. The van der Waals surface area contributed by atoms with Crippen LogP contribution >= 0.6 is 11.8 Å². The summed E-state index contributed by atoms with van der Waals surface area (Å²) in [5.41, 5.74) is -0.786. The van der Waals surface area contributed by atoms with E-state index in [9.17, 15) is 22.4 Å². The van der Waals surface area contributed by atoms with Crippen molar-refractivity contribution in [3.05, 3.63) is 41.0 Å². The van der Waals surface area contributed by atoms with Gasteiger partial charge in [0.25, 0.3) is 0 Å². The minimum Gasteiger partial charge on any atom is -0.288 e. The Bertz CT molecular complexity index is 445. The first-order valence-corrected chi connectivity index (χ1v) is 5.55. The topological polar surface area (TPSA) is 17.1 Å². The van der Waals surface area contributed by atoms with Crippen LogP contribution in [-0.4, -0.2) is 10.9 Å². The molecule has 0 atom stereocenters.